The fourth-order valence-corrected chi connectivity index (χ4v) is 4.84. The molecule has 0 radical (unpaired) electrons. The van der Waals surface area contributed by atoms with Gasteiger partial charge in [-0.05, 0) is 57.2 Å². The normalized spacial score (nSPS) is 12.6. The van der Waals surface area contributed by atoms with Crippen LogP contribution < -0.4 is 9.30 Å². The summed E-state index contributed by atoms with van der Waals surface area (Å²) < 4.78 is 8.78. The van der Waals surface area contributed by atoms with Crippen LogP contribution in [0.5, 0.6) is 11.5 Å². The molecule has 6 rings (SSSR count). The largest absolute Gasteiger partial charge is 0.455 e. The predicted molar refractivity (Wildman–Crippen MR) is 122 cm³/mol. The lowest BCUT2D eigenvalue weighted by Gasteiger charge is -2.23. The maximum atomic E-state index is 6.65. The summed E-state index contributed by atoms with van der Waals surface area (Å²) in [6.07, 6.45) is 1.92. The Morgan fingerprint density at radius 1 is 0.933 bits per heavy atom. The Kier molecular flexibility index (Phi) is 3.49. The minimum Gasteiger partial charge on any atom is -0.455 e. The van der Waals surface area contributed by atoms with Crippen LogP contribution >= 0.6 is 0 Å². The molecule has 0 amide bonds. The quantitative estimate of drug-likeness (QED) is 0.234. The first-order chi connectivity index (χ1) is 14.5. The van der Waals surface area contributed by atoms with Gasteiger partial charge in [0.05, 0.1) is 12.6 Å². The second-order valence-corrected chi connectivity index (χ2v) is 8.64. The molecule has 0 bridgehead atoms. The zero-order chi connectivity index (χ0) is 20.6. The molecule has 5 aromatic rings. The molecule has 30 heavy (non-hydrogen) atoms. The van der Waals surface area contributed by atoms with Crippen molar-refractivity contribution >= 4 is 32.4 Å². The van der Waals surface area contributed by atoms with E-state index in [0.29, 0.717) is 5.92 Å². The molecule has 0 N–H and O–H groups in total. The summed E-state index contributed by atoms with van der Waals surface area (Å²) in [5, 5.41) is 5.87. The number of nitrogens with zero attached hydrogens (tertiary/aromatic N) is 2. The number of fused-ring (bicyclic) bond motifs is 5. The molecule has 1 aliphatic rings. The van der Waals surface area contributed by atoms with Gasteiger partial charge in [-0.2, -0.15) is 0 Å². The second-order valence-electron chi connectivity index (χ2n) is 8.64. The lowest BCUT2D eigenvalue weighted by molar-refractivity contribution is -0.662. The van der Waals surface area contributed by atoms with Gasteiger partial charge in [-0.25, -0.2) is 4.57 Å². The van der Waals surface area contributed by atoms with Gasteiger partial charge in [-0.15, -0.1) is 0 Å². The first-order valence-electron chi connectivity index (χ1n) is 10.5. The molecule has 0 fully saturated rings. The van der Waals surface area contributed by atoms with E-state index in [1.807, 2.05) is 6.33 Å². The van der Waals surface area contributed by atoms with Gasteiger partial charge in [0.15, 0.2) is 17.0 Å². The molecule has 0 aliphatic carbocycles. The first-order valence-corrected chi connectivity index (χ1v) is 10.5. The minimum atomic E-state index is 0.481. The van der Waals surface area contributed by atoms with E-state index in [0.717, 1.165) is 33.4 Å². The fourth-order valence-electron chi connectivity index (χ4n) is 4.84. The Morgan fingerprint density at radius 2 is 1.77 bits per heavy atom. The second kappa shape index (κ2) is 6.02. The van der Waals surface area contributed by atoms with Crippen LogP contribution in [0.25, 0.3) is 43.7 Å². The summed E-state index contributed by atoms with van der Waals surface area (Å²) in [5.41, 5.74) is 5.88. The standard InChI is InChI=1S/C27H23N2O/c1-15(2)17-9-10-21-19(11-17)12-22-25-26(29(4)14-28-22)24-16(3)20-8-6-5-7-18(20)13-23(24)30-27(21)25/h5-15H,1-4H3/q+1. The number of ether oxygens (including phenoxy) is 1. The zero-order valence-electron chi connectivity index (χ0n) is 17.7. The van der Waals surface area contributed by atoms with Gasteiger partial charge >= 0.3 is 0 Å². The van der Waals surface area contributed by atoms with Gasteiger partial charge in [0.25, 0.3) is 6.33 Å². The molecule has 3 heteroatoms. The summed E-state index contributed by atoms with van der Waals surface area (Å²) in [5.74, 6) is 2.31. The van der Waals surface area contributed by atoms with Crippen molar-refractivity contribution in [1.82, 2.24) is 4.98 Å². The van der Waals surface area contributed by atoms with Gasteiger partial charge in [0.2, 0.25) is 0 Å². The number of rotatable bonds is 1. The molecular weight excluding hydrogens is 368 g/mol. The van der Waals surface area contributed by atoms with E-state index in [4.69, 9.17) is 9.72 Å². The number of aryl methyl sites for hydroxylation is 2. The highest BCUT2D eigenvalue weighted by atomic mass is 16.5. The molecule has 0 saturated heterocycles. The van der Waals surface area contributed by atoms with Crippen LogP contribution in [0.2, 0.25) is 0 Å². The Morgan fingerprint density at radius 3 is 2.60 bits per heavy atom. The zero-order valence-corrected chi connectivity index (χ0v) is 17.7. The van der Waals surface area contributed by atoms with Gasteiger partial charge in [0.1, 0.15) is 11.1 Å². The monoisotopic (exact) mass is 391 g/mol. The highest BCUT2D eigenvalue weighted by Crippen LogP contribution is 2.50. The van der Waals surface area contributed by atoms with Crippen LogP contribution in [0.15, 0.2) is 60.9 Å². The number of aromatic nitrogens is 2. The van der Waals surface area contributed by atoms with Crippen LogP contribution in [0.4, 0.5) is 0 Å². The maximum Gasteiger partial charge on any atom is 0.287 e. The van der Waals surface area contributed by atoms with Crippen LogP contribution in [0, 0.1) is 6.92 Å². The molecule has 4 aromatic carbocycles. The van der Waals surface area contributed by atoms with Crippen molar-refractivity contribution in [2.75, 3.05) is 0 Å². The van der Waals surface area contributed by atoms with Gasteiger partial charge in [0, 0.05) is 5.39 Å². The molecule has 146 valence electrons. The van der Waals surface area contributed by atoms with E-state index in [2.05, 4.69) is 87.0 Å². The SMILES string of the molecule is Cc1c2c(cc3ccccc13)Oc1c3ccc(C(C)C)cc3cc3nc[n+](C)c-2c13. The number of hydrogen-bond acceptors (Lipinski definition) is 2. The minimum absolute atomic E-state index is 0.481. The van der Waals surface area contributed by atoms with Gasteiger partial charge in [-0.1, -0.05) is 56.3 Å². The molecule has 2 heterocycles. The van der Waals surface area contributed by atoms with Crippen molar-refractivity contribution in [2.24, 2.45) is 7.05 Å². The van der Waals surface area contributed by atoms with Crippen molar-refractivity contribution in [2.45, 2.75) is 26.7 Å². The average molecular weight is 391 g/mol. The highest BCUT2D eigenvalue weighted by Gasteiger charge is 2.31. The molecule has 3 nitrogen and oxygen atoms in total. The fraction of sp³-hybridized carbons (Fsp3) is 0.185. The van der Waals surface area contributed by atoms with Crippen LogP contribution in [-0.4, -0.2) is 4.98 Å². The third kappa shape index (κ3) is 2.26. The van der Waals surface area contributed by atoms with E-state index >= 15 is 0 Å². The van der Waals surface area contributed by atoms with Gasteiger partial charge < -0.3 is 4.74 Å². The summed E-state index contributed by atoms with van der Waals surface area (Å²) in [4.78, 5) is 4.76. The molecule has 1 aromatic heterocycles. The average Bonchev–Trinajstić information content (AvgIpc) is 2.75. The summed E-state index contributed by atoms with van der Waals surface area (Å²) in [6, 6.07) is 19.6. The first kappa shape index (κ1) is 17.4. The van der Waals surface area contributed by atoms with E-state index in [9.17, 15) is 0 Å². The number of hydrogen-bond donors (Lipinski definition) is 0. The summed E-state index contributed by atoms with van der Waals surface area (Å²) in [7, 11) is 2.07. The molecule has 0 unspecified atom stereocenters. The van der Waals surface area contributed by atoms with Crippen molar-refractivity contribution in [3.63, 3.8) is 0 Å². The highest BCUT2D eigenvalue weighted by molar-refractivity contribution is 6.12. The van der Waals surface area contributed by atoms with Crippen molar-refractivity contribution in [3.05, 3.63) is 72.1 Å². The van der Waals surface area contributed by atoms with Crippen molar-refractivity contribution < 1.29 is 9.30 Å². The lowest BCUT2D eigenvalue weighted by Crippen LogP contribution is -2.32. The Balaban J connectivity index is 1.78. The third-order valence-corrected chi connectivity index (χ3v) is 6.44. The number of benzene rings is 4. The maximum absolute atomic E-state index is 6.65. The van der Waals surface area contributed by atoms with E-state index in [1.165, 1.54) is 33.0 Å². The molecule has 1 aliphatic heterocycles. The summed E-state index contributed by atoms with van der Waals surface area (Å²) >= 11 is 0. The van der Waals surface area contributed by atoms with Gasteiger partial charge in [-0.3, -0.25) is 0 Å². The molecule has 0 spiro atoms. The smallest absolute Gasteiger partial charge is 0.287 e. The molecule has 0 atom stereocenters. The Labute approximate surface area is 175 Å². The van der Waals surface area contributed by atoms with Crippen LogP contribution in [0.3, 0.4) is 0 Å². The predicted octanol–water partition coefficient (Wildman–Crippen LogP) is 6.57. The van der Waals surface area contributed by atoms with E-state index in [-0.39, 0.29) is 0 Å². The molecular formula is C27H23N2O+. The lowest BCUT2D eigenvalue weighted by atomic mass is 9.91. The van der Waals surface area contributed by atoms with E-state index < -0.39 is 0 Å². The van der Waals surface area contributed by atoms with Crippen LogP contribution in [0.1, 0.15) is 30.9 Å². The van der Waals surface area contributed by atoms with Crippen LogP contribution in [-0.2, 0) is 7.05 Å². The third-order valence-electron chi connectivity index (χ3n) is 6.44. The topological polar surface area (TPSA) is 26.0 Å². The summed E-state index contributed by atoms with van der Waals surface area (Å²) in [6.45, 7) is 6.64. The Bertz CT molecular complexity index is 1520. The molecule has 0 saturated carbocycles. The van der Waals surface area contributed by atoms with E-state index in [1.54, 1.807) is 0 Å². The van der Waals surface area contributed by atoms with Crippen molar-refractivity contribution in [3.8, 4) is 22.8 Å². The van der Waals surface area contributed by atoms with Crippen molar-refractivity contribution in [1.29, 1.82) is 0 Å². The Hall–Kier alpha value is -3.46.